The van der Waals surface area contributed by atoms with Crippen molar-refractivity contribution in [3.05, 3.63) is 75.9 Å². The Bertz CT molecular complexity index is 1620. The number of hydrogen-bond donors (Lipinski definition) is 2. The molecule has 0 unspecified atom stereocenters. The number of hydrogen-bond acceptors (Lipinski definition) is 7. The molecule has 4 rings (SSSR count). The van der Waals surface area contributed by atoms with E-state index in [4.69, 9.17) is 9.15 Å². The highest BCUT2D eigenvalue weighted by Gasteiger charge is 2.29. The van der Waals surface area contributed by atoms with E-state index in [2.05, 4.69) is 4.72 Å². The minimum absolute atomic E-state index is 0.0272. The molecule has 2 N–H and O–H groups in total. The van der Waals surface area contributed by atoms with Crippen LogP contribution in [0.3, 0.4) is 0 Å². The SMILES string of the molecule is Cc1ccc(S(=O)(=O)N[C@H](CC(C)C)C(=O)Oc2cc(O)c3c(=O)c4cccc(C)c4oc3c2)cc1. The van der Waals surface area contributed by atoms with Crippen molar-refractivity contribution in [2.75, 3.05) is 0 Å². The molecule has 0 spiro atoms. The van der Waals surface area contributed by atoms with Crippen LogP contribution < -0.4 is 14.9 Å². The molecule has 188 valence electrons. The van der Waals surface area contributed by atoms with Gasteiger partial charge in [0.15, 0.2) is 0 Å². The van der Waals surface area contributed by atoms with E-state index < -0.39 is 33.2 Å². The summed E-state index contributed by atoms with van der Waals surface area (Å²) in [5, 5.41) is 10.8. The fourth-order valence-corrected chi connectivity index (χ4v) is 5.18. The Morgan fingerprint density at radius 2 is 1.78 bits per heavy atom. The van der Waals surface area contributed by atoms with Crippen LogP contribution in [0.4, 0.5) is 0 Å². The maximum absolute atomic E-state index is 13.1. The molecule has 0 aliphatic heterocycles. The van der Waals surface area contributed by atoms with E-state index in [1.807, 2.05) is 20.8 Å². The van der Waals surface area contributed by atoms with Crippen LogP contribution in [0.5, 0.6) is 11.5 Å². The molecule has 0 amide bonds. The van der Waals surface area contributed by atoms with E-state index in [9.17, 15) is 23.1 Å². The van der Waals surface area contributed by atoms with Gasteiger partial charge in [0.25, 0.3) is 0 Å². The molecule has 1 aromatic heterocycles. The lowest BCUT2D eigenvalue weighted by atomic mass is 10.0. The summed E-state index contributed by atoms with van der Waals surface area (Å²) in [4.78, 5) is 26.0. The van der Waals surface area contributed by atoms with E-state index >= 15 is 0 Å². The summed E-state index contributed by atoms with van der Waals surface area (Å²) >= 11 is 0. The topological polar surface area (TPSA) is 123 Å². The maximum atomic E-state index is 13.1. The van der Waals surface area contributed by atoms with Crippen LogP contribution in [0.25, 0.3) is 21.9 Å². The van der Waals surface area contributed by atoms with Gasteiger partial charge in [-0.2, -0.15) is 4.72 Å². The molecular formula is C27H27NO7S. The Labute approximate surface area is 208 Å². The Balaban J connectivity index is 1.68. The van der Waals surface area contributed by atoms with E-state index in [1.165, 1.54) is 18.2 Å². The van der Waals surface area contributed by atoms with Gasteiger partial charge in [-0.1, -0.05) is 43.7 Å². The van der Waals surface area contributed by atoms with Crippen molar-refractivity contribution in [3.63, 3.8) is 0 Å². The zero-order valence-electron chi connectivity index (χ0n) is 20.4. The van der Waals surface area contributed by atoms with Crippen molar-refractivity contribution < 1.29 is 27.5 Å². The predicted molar refractivity (Wildman–Crippen MR) is 137 cm³/mol. The number of sulfonamides is 1. The third-order valence-electron chi connectivity index (χ3n) is 5.79. The smallest absolute Gasteiger partial charge is 0.329 e. The maximum Gasteiger partial charge on any atom is 0.329 e. The van der Waals surface area contributed by atoms with Crippen LogP contribution in [0, 0.1) is 19.8 Å². The summed E-state index contributed by atoms with van der Waals surface area (Å²) in [6.45, 7) is 7.33. The second-order valence-electron chi connectivity index (χ2n) is 9.24. The number of rotatable bonds is 7. The number of carbonyl (C=O) groups excluding carboxylic acids is 1. The predicted octanol–water partition coefficient (Wildman–Crippen LogP) is 4.57. The fourth-order valence-electron chi connectivity index (χ4n) is 3.98. The lowest BCUT2D eigenvalue weighted by Crippen LogP contribution is -2.43. The third kappa shape index (κ3) is 5.12. The van der Waals surface area contributed by atoms with Gasteiger partial charge in [-0.25, -0.2) is 13.2 Å². The molecule has 0 fully saturated rings. The van der Waals surface area contributed by atoms with Crippen LogP contribution in [0.1, 0.15) is 31.4 Å². The number of carbonyl (C=O) groups is 1. The largest absolute Gasteiger partial charge is 0.507 e. The first-order chi connectivity index (χ1) is 17.0. The normalized spacial score (nSPS) is 12.8. The zero-order chi connectivity index (χ0) is 26.2. The Hall–Kier alpha value is -3.69. The molecule has 1 heterocycles. The monoisotopic (exact) mass is 509 g/mol. The Morgan fingerprint density at radius 1 is 1.08 bits per heavy atom. The third-order valence-corrected chi connectivity index (χ3v) is 7.28. The molecular weight excluding hydrogens is 482 g/mol. The molecule has 0 saturated carbocycles. The van der Waals surface area contributed by atoms with Crippen molar-refractivity contribution in [1.82, 2.24) is 4.72 Å². The quantitative estimate of drug-likeness (QED) is 0.213. The molecule has 0 aliphatic rings. The van der Waals surface area contributed by atoms with Gasteiger partial charge in [-0.15, -0.1) is 0 Å². The number of benzene rings is 3. The molecule has 0 saturated heterocycles. The Kier molecular flexibility index (Phi) is 6.88. The fraction of sp³-hybridized carbons (Fsp3) is 0.259. The molecule has 3 aromatic carbocycles. The summed E-state index contributed by atoms with van der Waals surface area (Å²) in [6.07, 6.45) is 0.183. The number of phenolic OH excluding ortho intramolecular Hbond substituents is 1. The van der Waals surface area contributed by atoms with Gasteiger partial charge in [0.2, 0.25) is 15.5 Å². The molecule has 0 bridgehead atoms. The van der Waals surface area contributed by atoms with Crippen LogP contribution in [-0.4, -0.2) is 25.5 Å². The summed E-state index contributed by atoms with van der Waals surface area (Å²) in [7, 11) is -4.00. The summed E-state index contributed by atoms with van der Waals surface area (Å²) in [5.74, 6) is -1.37. The molecule has 8 nitrogen and oxygen atoms in total. The van der Waals surface area contributed by atoms with Crippen LogP contribution in [0.15, 0.2) is 68.7 Å². The molecule has 0 radical (unpaired) electrons. The lowest BCUT2D eigenvalue weighted by molar-refractivity contribution is -0.136. The zero-order valence-corrected chi connectivity index (χ0v) is 21.2. The van der Waals surface area contributed by atoms with Gasteiger partial charge in [-0.05, 0) is 49.9 Å². The summed E-state index contributed by atoms with van der Waals surface area (Å²) < 4.78 is 39.6. The highest BCUT2D eigenvalue weighted by Crippen LogP contribution is 2.31. The number of fused-ring (bicyclic) bond motifs is 2. The van der Waals surface area contributed by atoms with Gasteiger partial charge < -0.3 is 14.3 Å². The van der Waals surface area contributed by atoms with Crippen LogP contribution in [-0.2, 0) is 14.8 Å². The minimum Gasteiger partial charge on any atom is -0.507 e. The Morgan fingerprint density at radius 3 is 2.44 bits per heavy atom. The second kappa shape index (κ2) is 9.75. The summed E-state index contributed by atoms with van der Waals surface area (Å²) in [5.41, 5.74) is 1.63. The second-order valence-corrected chi connectivity index (χ2v) is 10.9. The van der Waals surface area contributed by atoms with Gasteiger partial charge in [0.1, 0.15) is 34.1 Å². The first kappa shape index (κ1) is 25.4. The average Bonchev–Trinajstić information content (AvgIpc) is 2.79. The standard InChI is InChI=1S/C27H27NO7S/c1-15(2)12-21(28-36(32,33)19-10-8-16(3)9-11-19)27(31)34-18-13-22(29)24-23(14-18)35-26-17(4)6-5-7-20(26)25(24)30/h5-11,13-15,21,28-29H,12H2,1-4H3/t21-/m1/s1. The van der Waals surface area contributed by atoms with E-state index in [-0.39, 0.29) is 34.0 Å². The van der Waals surface area contributed by atoms with Crippen molar-refractivity contribution in [2.45, 2.75) is 45.1 Å². The van der Waals surface area contributed by atoms with Crippen molar-refractivity contribution in [3.8, 4) is 11.5 Å². The number of aromatic hydroxyl groups is 1. The van der Waals surface area contributed by atoms with Gasteiger partial charge in [0, 0.05) is 12.1 Å². The number of esters is 1. The minimum atomic E-state index is -4.00. The first-order valence-corrected chi connectivity index (χ1v) is 12.9. The van der Waals surface area contributed by atoms with Gasteiger partial charge >= 0.3 is 5.97 Å². The van der Waals surface area contributed by atoms with E-state index in [1.54, 1.807) is 37.3 Å². The number of ether oxygens (including phenoxy) is 1. The van der Waals surface area contributed by atoms with Crippen molar-refractivity contribution in [2.24, 2.45) is 5.92 Å². The first-order valence-electron chi connectivity index (χ1n) is 11.5. The van der Waals surface area contributed by atoms with Gasteiger partial charge in [0.05, 0.1) is 10.3 Å². The van der Waals surface area contributed by atoms with E-state index in [0.29, 0.717) is 11.0 Å². The highest BCUT2D eigenvalue weighted by atomic mass is 32.2. The number of para-hydroxylation sites is 1. The summed E-state index contributed by atoms with van der Waals surface area (Å²) in [6, 6.07) is 12.7. The highest BCUT2D eigenvalue weighted by molar-refractivity contribution is 7.89. The lowest BCUT2D eigenvalue weighted by Gasteiger charge is -2.19. The van der Waals surface area contributed by atoms with Crippen molar-refractivity contribution >= 4 is 37.9 Å². The number of nitrogens with one attached hydrogen (secondary N) is 1. The van der Waals surface area contributed by atoms with Gasteiger partial charge in [-0.3, -0.25) is 4.79 Å². The number of aryl methyl sites for hydroxylation is 2. The molecule has 4 aromatic rings. The van der Waals surface area contributed by atoms with Crippen LogP contribution in [0.2, 0.25) is 0 Å². The van der Waals surface area contributed by atoms with Crippen molar-refractivity contribution in [1.29, 1.82) is 0 Å². The molecule has 0 aliphatic carbocycles. The molecule has 9 heteroatoms. The van der Waals surface area contributed by atoms with E-state index in [0.717, 1.165) is 17.2 Å². The van der Waals surface area contributed by atoms with Crippen LogP contribution >= 0.6 is 0 Å². The molecule has 1 atom stereocenters. The number of phenols is 1. The molecule has 36 heavy (non-hydrogen) atoms. The average molecular weight is 510 g/mol.